The molecule has 1 amide bonds. The quantitative estimate of drug-likeness (QED) is 0.855. The highest BCUT2D eigenvalue weighted by atomic mass is 35.5. The Kier molecular flexibility index (Phi) is 4.66. The van der Waals surface area contributed by atoms with E-state index in [4.69, 9.17) is 23.2 Å². The van der Waals surface area contributed by atoms with Gasteiger partial charge in [-0.2, -0.15) is 0 Å². The van der Waals surface area contributed by atoms with Gasteiger partial charge in [0.25, 0.3) is 5.91 Å². The first-order valence-corrected chi connectivity index (χ1v) is 7.03. The number of carbonyl (C=O) groups excluding carboxylic acids is 1. The van der Waals surface area contributed by atoms with Crippen molar-refractivity contribution in [2.24, 2.45) is 0 Å². The van der Waals surface area contributed by atoms with Gasteiger partial charge >= 0.3 is 0 Å². The lowest BCUT2D eigenvalue weighted by Crippen LogP contribution is -2.46. The normalized spacial score (nSPS) is 23.2. The monoisotopic (exact) mass is 302 g/mol. The summed E-state index contributed by atoms with van der Waals surface area (Å²) in [5.74, 6) is -0.307. The van der Waals surface area contributed by atoms with Crippen molar-refractivity contribution >= 4 is 29.1 Å². The van der Waals surface area contributed by atoms with Crippen molar-refractivity contribution in [3.8, 4) is 0 Å². The molecule has 104 valence electrons. The molecule has 1 aromatic heterocycles. The number of halogens is 2. The van der Waals surface area contributed by atoms with E-state index in [1.165, 1.54) is 11.0 Å². The van der Waals surface area contributed by atoms with E-state index in [-0.39, 0.29) is 27.8 Å². The first kappa shape index (κ1) is 14.6. The highest BCUT2D eigenvalue weighted by Crippen LogP contribution is 2.25. The number of aromatic nitrogens is 1. The Morgan fingerprint density at radius 3 is 2.74 bits per heavy atom. The molecule has 0 aromatic carbocycles. The van der Waals surface area contributed by atoms with Crippen LogP contribution in [0.25, 0.3) is 0 Å². The molecule has 1 fully saturated rings. The van der Waals surface area contributed by atoms with Gasteiger partial charge < -0.3 is 10.0 Å². The Morgan fingerprint density at radius 1 is 1.37 bits per heavy atom. The molecule has 1 aromatic rings. The van der Waals surface area contributed by atoms with Crippen LogP contribution in [0.4, 0.5) is 0 Å². The van der Waals surface area contributed by atoms with E-state index in [9.17, 15) is 9.90 Å². The Morgan fingerprint density at radius 2 is 2.05 bits per heavy atom. The fourth-order valence-electron chi connectivity index (χ4n) is 2.43. The maximum Gasteiger partial charge on any atom is 0.274 e. The van der Waals surface area contributed by atoms with Gasteiger partial charge in [0.2, 0.25) is 0 Å². The van der Waals surface area contributed by atoms with Crippen LogP contribution in [-0.2, 0) is 0 Å². The first-order valence-electron chi connectivity index (χ1n) is 6.28. The molecular formula is C13H16Cl2N2O2. The van der Waals surface area contributed by atoms with Gasteiger partial charge in [0.15, 0.2) is 0 Å². The molecule has 1 aliphatic rings. The summed E-state index contributed by atoms with van der Waals surface area (Å²) in [7, 11) is 1.67. The maximum atomic E-state index is 12.4. The van der Waals surface area contributed by atoms with Crippen molar-refractivity contribution < 1.29 is 9.90 Å². The molecule has 1 aliphatic carbocycles. The van der Waals surface area contributed by atoms with Gasteiger partial charge in [-0.1, -0.05) is 36.0 Å². The smallest absolute Gasteiger partial charge is 0.274 e. The zero-order valence-corrected chi connectivity index (χ0v) is 12.2. The fourth-order valence-corrected chi connectivity index (χ4v) is 2.76. The highest BCUT2D eigenvalue weighted by Gasteiger charge is 2.31. The minimum Gasteiger partial charge on any atom is -0.391 e. The number of hydrogen-bond donors (Lipinski definition) is 1. The molecule has 1 saturated carbocycles. The third-order valence-corrected chi connectivity index (χ3v) is 4.04. The van der Waals surface area contributed by atoms with Crippen molar-refractivity contribution in [3.63, 3.8) is 0 Å². The number of aliphatic hydroxyl groups excluding tert-OH is 1. The van der Waals surface area contributed by atoms with Crippen molar-refractivity contribution in [1.29, 1.82) is 0 Å². The van der Waals surface area contributed by atoms with Crippen LogP contribution in [0.1, 0.15) is 36.2 Å². The van der Waals surface area contributed by atoms with E-state index < -0.39 is 6.10 Å². The standard InChI is InChI=1S/C13H16Cl2N2O2/c1-17(9-4-2-3-5-10(9)18)13(19)12-8(14)6-7-11(15)16-12/h6-7,9-10,18H,2-5H2,1H3. The molecule has 2 atom stereocenters. The zero-order chi connectivity index (χ0) is 14.0. The predicted molar refractivity (Wildman–Crippen MR) is 74.6 cm³/mol. The maximum absolute atomic E-state index is 12.4. The molecule has 1 N–H and O–H groups in total. The summed E-state index contributed by atoms with van der Waals surface area (Å²) in [6.45, 7) is 0. The number of rotatable bonds is 2. The van der Waals surface area contributed by atoms with E-state index in [0.29, 0.717) is 0 Å². The van der Waals surface area contributed by atoms with E-state index >= 15 is 0 Å². The fraction of sp³-hybridized carbons (Fsp3) is 0.538. The van der Waals surface area contributed by atoms with Crippen molar-refractivity contribution in [3.05, 3.63) is 28.0 Å². The summed E-state index contributed by atoms with van der Waals surface area (Å²) in [5.41, 5.74) is 0.134. The lowest BCUT2D eigenvalue weighted by atomic mass is 9.91. The number of pyridine rings is 1. The second-order valence-corrected chi connectivity index (χ2v) is 5.59. The van der Waals surface area contributed by atoms with Gasteiger partial charge in [-0.05, 0) is 25.0 Å². The van der Waals surface area contributed by atoms with Crippen LogP contribution in [-0.4, -0.2) is 40.1 Å². The number of carbonyl (C=O) groups is 1. The van der Waals surface area contributed by atoms with Gasteiger partial charge in [-0.25, -0.2) is 4.98 Å². The Labute approximate surface area is 122 Å². The Balaban J connectivity index is 2.20. The number of likely N-dealkylation sites (N-methyl/N-ethyl adjacent to an activating group) is 1. The molecule has 0 radical (unpaired) electrons. The van der Waals surface area contributed by atoms with Crippen LogP contribution in [0, 0.1) is 0 Å². The van der Waals surface area contributed by atoms with E-state index in [1.807, 2.05) is 0 Å². The minimum absolute atomic E-state index is 0.134. The number of amides is 1. The number of nitrogens with zero attached hydrogens (tertiary/aromatic N) is 2. The molecule has 2 unspecified atom stereocenters. The molecule has 19 heavy (non-hydrogen) atoms. The average Bonchev–Trinajstić information content (AvgIpc) is 2.40. The van der Waals surface area contributed by atoms with Gasteiger partial charge in [0, 0.05) is 7.05 Å². The molecule has 2 rings (SSSR count). The predicted octanol–water partition coefficient (Wildman–Crippen LogP) is 2.76. The third-order valence-electron chi connectivity index (χ3n) is 3.53. The Bertz CT molecular complexity index is 482. The van der Waals surface area contributed by atoms with Gasteiger partial charge in [0.05, 0.1) is 17.2 Å². The second-order valence-electron chi connectivity index (χ2n) is 4.80. The molecule has 1 heterocycles. The van der Waals surface area contributed by atoms with Crippen LogP contribution in [0.2, 0.25) is 10.2 Å². The van der Waals surface area contributed by atoms with E-state index in [2.05, 4.69) is 4.98 Å². The zero-order valence-electron chi connectivity index (χ0n) is 10.6. The molecule has 0 bridgehead atoms. The van der Waals surface area contributed by atoms with Gasteiger partial charge in [-0.3, -0.25) is 4.79 Å². The van der Waals surface area contributed by atoms with Crippen LogP contribution in [0.5, 0.6) is 0 Å². The van der Waals surface area contributed by atoms with Crippen LogP contribution in [0.15, 0.2) is 12.1 Å². The third kappa shape index (κ3) is 3.19. The summed E-state index contributed by atoms with van der Waals surface area (Å²) >= 11 is 11.8. The summed E-state index contributed by atoms with van der Waals surface area (Å²) < 4.78 is 0. The molecule has 6 heteroatoms. The highest BCUT2D eigenvalue weighted by molar-refractivity contribution is 6.34. The summed E-state index contributed by atoms with van der Waals surface area (Å²) in [6, 6.07) is 2.91. The number of aliphatic hydroxyl groups is 1. The lowest BCUT2D eigenvalue weighted by Gasteiger charge is -2.35. The molecule has 0 aliphatic heterocycles. The summed E-state index contributed by atoms with van der Waals surface area (Å²) in [4.78, 5) is 17.9. The topological polar surface area (TPSA) is 53.4 Å². The summed E-state index contributed by atoms with van der Waals surface area (Å²) in [5, 5.41) is 10.5. The molecule has 4 nitrogen and oxygen atoms in total. The Hall–Kier alpha value is -0.840. The molecular weight excluding hydrogens is 287 g/mol. The average molecular weight is 303 g/mol. The minimum atomic E-state index is -0.486. The molecule has 0 spiro atoms. The lowest BCUT2D eigenvalue weighted by molar-refractivity contribution is 0.0264. The van der Waals surface area contributed by atoms with Crippen molar-refractivity contribution in [2.75, 3.05) is 7.05 Å². The second kappa shape index (κ2) is 6.07. The van der Waals surface area contributed by atoms with Crippen LogP contribution < -0.4 is 0 Å². The van der Waals surface area contributed by atoms with Crippen LogP contribution in [0.3, 0.4) is 0 Å². The number of hydrogen-bond acceptors (Lipinski definition) is 3. The first-order chi connectivity index (χ1) is 9.00. The van der Waals surface area contributed by atoms with Crippen molar-refractivity contribution in [1.82, 2.24) is 9.88 Å². The van der Waals surface area contributed by atoms with E-state index in [1.54, 1.807) is 13.1 Å². The van der Waals surface area contributed by atoms with E-state index in [0.717, 1.165) is 25.7 Å². The van der Waals surface area contributed by atoms with Crippen LogP contribution >= 0.6 is 23.2 Å². The SMILES string of the molecule is CN(C(=O)c1nc(Cl)ccc1Cl)C1CCCCC1O. The van der Waals surface area contributed by atoms with Crippen molar-refractivity contribution in [2.45, 2.75) is 37.8 Å². The van der Waals surface area contributed by atoms with Gasteiger partial charge in [-0.15, -0.1) is 0 Å². The molecule has 0 saturated heterocycles. The largest absolute Gasteiger partial charge is 0.391 e. The van der Waals surface area contributed by atoms with Gasteiger partial charge in [0.1, 0.15) is 10.8 Å². The summed E-state index contributed by atoms with van der Waals surface area (Å²) in [6.07, 6.45) is 3.03.